The highest BCUT2D eigenvalue weighted by Gasteiger charge is 2.08. The third-order valence-corrected chi connectivity index (χ3v) is 3.63. The molecule has 2 heterocycles. The SMILES string of the molecule is CNCc1cccnc1Sc1ncccc1Cl. The Morgan fingerprint density at radius 3 is 2.59 bits per heavy atom. The molecule has 0 saturated heterocycles. The molecule has 0 aromatic carbocycles. The van der Waals surface area contributed by atoms with E-state index >= 15 is 0 Å². The Bertz CT molecular complexity index is 505. The fourth-order valence-corrected chi connectivity index (χ4v) is 2.46. The van der Waals surface area contributed by atoms with Gasteiger partial charge in [-0.3, -0.25) is 0 Å². The molecule has 0 radical (unpaired) electrons. The van der Waals surface area contributed by atoms with Crippen LogP contribution < -0.4 is 5.32 Å². The summed E-state index contributed by atoms with van der Waals surface area (Å²) in [4.78, 5) is 8.60. The standard InChI is InChI=1S/C12H12ClN3S/c1-14-8-9-4-2-6-15-11(9)17-12-10(13)5-3-7-16-12/h2-7,14H,8H2,1H3. The van der Waals surface area contributed by atoms with Gasteiger partial charge in [-0.15, -0.1) is 0 Å². The summed E-state index contributed by atoms with van der Waals surface area (Å²) < 4.78 is 0. The van der Waals surface area contributed by atoms with Gasteiger partial charge >= 0.3 is 0 Å². The molecule has 17 heavy (non-hydrogen) atoms. The van der Waals surface area contributed by atoms with Crippen LogP contribution in [-0.2, 0) is 6.54 Å². The Hall–Kier alpha value is -1.10. The molecule has 2 aromatic heterocycles. The van der Waals surface area contributed by atoms with Crippen LogP contribution in [0.4, 0.5) is 0 Å². The number of nitrogens with zero attached hydrogens (tertiary/aromatic N) is 2. The van der Waals surface area contributed by atoms with Gasteiger partial charge in [0.1, 0.15) is 10.1 Å². The Morgan fingerprint density at radius 2 is 1.88 bits per heavy atom. The summed E-state index contributed by atoms with van der Waals surface area (Å²) in [6.07, 6.45) is 3.51. The van der Waals surface area contributed by atoms with Crippen LogP contribution in [0.15, 0.2) is 46.7 Å². The molecule has 0 unspecified atom stereocenters. The molecule has 2 aromatic rings. The van der Waals surface area contributed by atoms with Crippen molar-refractivity contribution < 1.29 is 0 Å². The van der Waals surface area contributed by atoms with Crippen molar-refractivity contribution in [1.29, 1.82) is 0 Å². The van der Waals surface area contributed by atoms with E-state index in [1.54, 1.807) is 12.4 Å². The van der Waals surface area contributed by atoms with Crippen molar-refractivity contribution in [2.45, 2.75) is 16.6 Å². The van der Waals surface area contributed by atoms with Crippen LogP contribution in [0.3, 0.4) is 0 Å². The second kappa shape index (κ2) is 6.00. The number of hydrogen-bond acceptors (Lipinski definition) is 4. The molecule has 0 aliphatic rings. The van der Waals surface area contributed by atoms with Crippen LogP contribution in [0.1, 0.15) is 5.56 Å². The predicted molar refractivity (Wildman–Crippen MR) is 70.4 cm³/mol. The number of aromatic nitrogens is 2. The molecular formula is C12H12ClN3S. The normalized spacial score (nSPS) is 10.5. The molecule has 0 aliphatic carbocycles. The predicted octanol–water partition coefficient (Wildman–Crippen LogP) is 3.00. The lowest BCUT2D eigenvalue weighted by Gasteiger charge is -2.07. The average Bonchev–Trinajstić information content (AvgIpc) is 2.35. The fourth-order valence-electron chi connectivity index (χ4n) is 1.38. The van der Waals surface area contributed by atoms with Crippen LogP contribution in [0.5, 0.6) is 0 Å². The first-order chi connectivity index (χ1) is 8.31. The van der Waals surface area contributed by atoms with Crippen LogP contribution in [-0.4, -0.2) is 17.0 Å². The number of pyridine rings is 2. The van der Waals surface area contributed by atoms with Gasteiger partial charge in [0.25, 0.3) is 0 Å². The van der Waals surface area contributed by atoms with Gasteiger partial charge in [0.15, 0.2) is 0 Å². The van der Waals surface area contributed by atoms with Crippen molar-refractivity contribution in [3.8, 4) is 0 Å². The van der Waals surface area contributed by atoms with Crippen molar-refractivity contribution in [1.82, 2.24) is 15.3 Å². The van der Waals surface area contributed by atoms with E-state index in [2.05, 4.69) is 15.3 Å². The van der Waals surface area contributed by atoms with Crippen molar-refractivity contribution in [2.75, 3.05) is 7.05 Å². The van der Waals surface area contributed by atoms with E-state index in [0.29, 0.717) is 5.02 Å². The summed E-state index contributed by atoms with van der Waals surface area (Å²) in [5, 5.41) is 5.48. The first kappa shape index (κ1) is 12.4. The maximum Gasteiger partial charge on any atom is 0.121 e. The summed E-state index contributed by atoms with van der Waals surface area (Å²) in [6, 6.07) is 7.62. The second-order valence-corrected chi connectivity index (χ2v) is 4.78. The van der Waals surface area contributed by atoms with E-state index in [4.69, 9.17) is 11.6 Å². The zero-order valence-electron chi connectivity index (χ0n) is 9.35. The number of rotatable bonds is 4. The zero-order chi connectivity index (χ0) is 12.1. The van der Waals surface area contributed by atoms with E-state index in [-0.39, 0.29) is 0 Å². The van der Waals surface area contributed by atoms with Gasteiger partial charge in [-0.25, -0.2) is 9.97 Å². The Kier molecular flexibility index (Phi) is 4.36. The highest BCUT2D eigenvalue weighted by molar-refractivity contribution is 7.99. The molecule has 0 amide bonds. The van der Waals surface area contributed by atoms with E-state index in [1.807, 2.05) is 31.3 Å². The monoisotopic (exact) mass is 265 g/mol. The summed E-state index contributed by atoms with van der Waals surface area (Å²) in [5.41, 5.74) is 1.14. The highest BCUT2D eigenvalue weighted by Crippen LogP contribution is 2.31. The van der Waals surface area contributed by atoms with Gasteiger partial charge in [-0.05, 0) is 42.6 Å². The van der Waals surface area contributed by atoms with Gasteiger partial charge in [0, 0.05) is 18.9 Å². The number of halogens is 1. The zero-order valence-corrected chi connectivity index (χ0v) is 10.9. The summed E-state index contributed by atoms with van der Waals surface area (Å²) >= 11 is 7.56. The Labute approximate surface area is 110 Å². The first-order valence-corrected chi connectivity index (χ1v) is 6.37. The van der Waals surface area contributed by atoms with Crippen molar-refractivity contribution >= 4 is 23.4 Å². The molecule has 0 bridgehead atoms. The van der Waals surface area contributed by atoms with Gasteiger partial charge in [0.05, 0.1) is 5.02 Å². The average molecular weight is 266 g/mol. The molecule has 0 aliphatic heterocycles. The third-order valence-electron chi connectivity index (χ3n) is 2.14. The Balaban J connectivity index is 2.27. The van der Waals surface area contributed by atoms with E-state index in [1.165, 1.54) is 11.8 Å². The van der Waals surface area contributed by atoms with E-state index in [0.717, 1.165) is 22.2 Å². The maximum absolute atomic E-state index is 6.08. The number of nitrogens with one attached hydrogen (secondary N) is 1. The van der Waals surface area contributed by atoms with Crippen molar-refractivity contribution in [2.24, 2.45) is 0 Å². The topological polar surface area (TPSA) is 37.8 Å². The fraction of sp³-hybridized carbons (Fsp3) is 0.167. The quantitative estimate of drug-likeness (QED) is 0.922. The van der Waals surface area contributed by atoms with Crippen LogP contribution in [0.2, 0.25) is 5.02 Å². The molecular weight excluding hydrogens is 254 g/mol. The lowest BCUT2D eigenvalue weighted by atomic mass is 10.3. The summed E-state index contributed by atoms with van der Waals surface area (Å²) in [7, 11) is 1.91. The van der Waals surface area contributed by atoms with Crippen LogP contribution >= 0.6 is 23.4 Å². The van der Waals surface area contributed by atoms with Gasteiger partial charge in [-0.2, -0.15) is 0 Å². The van der Waals surface area contributed by atoms with Gasteiger partial charge in [0.2, 0.25) is 0 Å². The highest BCUT2D eigenvalue weighted by atomic mass is 35.5. The molecule has 3 nitrogen and oxygen atoms in total. The van der Waals surface area contributed by atoms with Crippen molar-refractivity contribution in [3.63, 3.8) is 0 Å². The molecule has 5 heteroatoms. The molecule has 0 fully saturated rings. The largest absolute Gasteiger partial charge is 0.316 e. The molecule has 0 spiro atoms. The smallest absolute Gasteiger partial charge is 0.121 e. The molecule has 0 saturated carbocycles. The van der Waals surface area contributed by atoms with Crippen LogP contribution in [0.25, 0.3) is 0 Å². The molecule has 2 rings (SSSR count). The maximum atomic E-state index is 6.08. The van der Waals surface area contributed by atoms with Crippen molar-refractivity contribution in [3.05, 3.63) is 47.2 Å². The second-order valence-electron chi connectivity index (χ2n) is 3.39. The minimum Gasteiger partial charge on any atom is -0.316 e. The summed E-state index contributed by atoms with van der Waals surface area (Å²) in [6.45, 7) is 0.778. The lowest BCUT2D eigenvalue weighted by molar-refractivity contribution is 0.789. The third kappa shape index (κ3) is 3.19. The lowest BCUT2D eigenvalue weighted by Crippen LogP contribution is -2.06. The minimum absolute atomic E-state index is 0.651. The number of hydrogen-bond donors (Lipinski definition) is 1. The summed E-state index contributed by atoms with van der Waals surface area (Å²) in [5.74, 6) is 0. The van der Waals surface area contributed by atoms with E-state index < -0.39 is 0 Å². The molecule has 0 atom stereocenters. The van der Waals surface area contributed by atoms with Crippen LogP contribution in [0, 0.1) is 0 Å². The van der Waals surface area contributed by atoms with Gasteiger partial charge < -0.3 is 5.32 Å². The van der Waals surface area contributed by atoms with Gasteiger partial charge in [-0.1, -0.05) is 17.7 Å². The first-order valence-electron chi connectivity index (χ1n) is 5.18. The minimum atomic E-state index is 0.651. The molecule has 88 valence electrons. The van der Waals surface area contributed by atoms with E-state index in [9.17, 15) is 0 Å². The molecule has 1 N–H and O–H groups in total. The Morgan fingerprint density at radius 1 is 1.18 bits per heavy atom.